The van der Waals surface area contributed by atoms with Crippen molar-refractivity contribution in [2.75, 3.05) is 19.6 Å². The summed E-state index contributed by atoms with van der Waals surface area (Å²) in [4.78, 5) is 3.06. The number of hydrogen-bond acceptors (Lipinski definition) is 2. The Labute approximate surface area is 102 Å². The molecule has 1 saturated heterocycles. The van der Waals surface area contributed by atoms with Gasteiger partial charge in [-0.25, -0.2) is 0 Å². The van der Waals surface area contributed by atoms with Gasteiger partial charge in [0.1, 0.15) is 0 Å². The summed E-state index contributed by atoms with van der Waals surface area (Å²) in [5.74, 6) is 0.203. The maximum atomic E-state index is 5.85. The maximum Gasteiger partial charge on any atom is 0.0816 e. The first-order chi connectivity index (χ1) is 7.77. The summed E-state index contributed by atoms with van der Waals surface area (Å²) in [6.07, 6.45) is 2.61. The number of nitrogens with zero attached hydrogens (tertiary/aromatic N) is 1. The normalized spacial score (nSPS) is 18.5. The van der Waals surface area contributed by atoms with E-state index in [-0.39, 0.29) is 5.92 Å². The number of thiocarbonyl (C=S) groups is 1. The van der Waals surface area contributed by atoms with Crippen LogP contribution in [0.25, 0.3) is 0 Å². The first kappa shape index (κ1) is 11.6. The minimum absolute atomic E-state index is 0.203. The molecule has 1 aromatic rings. The van der Waals surface area contributed by atoms with Gasteiger partial charge in [0, 0.05) is 12.5 Å². The van der Waals surface area contributed by atoms with Gasteiger partial charge < -0.3 is 10.6 Å². The first-order valence-electron chi connectivity index (χ1n) is 5.84. The number of nitrogens with two attached hydrogens (primary N) is 1. The number of hydrogen-bond donors (Lipinski definition) is 1. The second-order valence-electron chi connectivity index (χ2n) is 4.37. The molecule has 16 heavy (non-hydrogen) atoms. The van der Waals surface area contributed by atoms with E-state index in [0.29, 0.717) is 4.99 Å². The molecule has 86 valence electrons. The van der Waals surface area contributed by atoms with Gasteiger partial charge in [-0.2, -0.15) is 0 Å². The van der Waals surface area contributed by atoms with Crippen molar-refractivity contribution in [1.82, 2.24) is 4.90 Å². The molecule has 0 amide bonds. The van der Waals surface area contributed by atoms with Gasteiger partial charge in [0.2, 0.25) is 0 Å². The number of benzene rings is 1. The fraction of sp³-hybridized carbons (Fsp3) is 0.462. The van der Waals surface area contributed by atoms with Gasteiger partial charge in [-0.1, -0.05) is 42.5 Å². The van der Waals surface area contributed by atoms with Crippen LogP contribution in [0.15, 0.2) is 30.3 Å². The van der Waals surface area contributed by atoms with Gasteiger partial charge in [-0.15, -0.1) is 0 Å². The molecule has 1 atom stereocenters. The SMILES string of the molecule is NC(=S)C(CN1CCCC1)c1ccccc1. The molecule has 3 heteroatoms. The van der Waals surface area contributed by atoms with E-state index in [0.717, 1.165) is 6.54 Å². The Morgan fingerprint density at radius 2 is 1.88 bits per heavy atom. The summed E-state index contributed by atoms with van der Waals surface area (Å²) >= 11 is 5.18. The van der Waals surface area contributed by atoms with E-state index in [2.05, 4.69) is 17.0 Å². The lowest BCUT2D eigenvalue weighted by Gasteiger charge is -2.22. The Morgan fingerprint density at radius 3 is 2.44 bits per heavy atom. The number of likely N-dealkylation sites (tertiary alicyclic amines) is 1. The molecule has 0 bridgehead atoms. The van der Waals surface area contributed by atoms with Crippen LogP contribution in [0, 0.1) is 0 Å². The van der Waals surface area contributed by atoms with E-state index in [4.69, 9.17) is 18.0 Å². The highest BCUT2D eigenvalue weighted by molar-refractivity contribution is 7.80. The minimum atomic E-state index is 0.203. The molecule has 1 aliphatic rings. The van der Waals surface area contributed by atoms with Crippen molar-refractivity contribution in [3.05, 3.63) is 35.9 Å². The Hall–Kier alpha value is -0.930. The molecule has 1 aromatic carbocycles. The van der Waals surface area contributed by atoms with Crippen molar-refractivity contribution in [2.45, 2.75) is 18.8 Å². The quantitative estimate of drug-likeness (QED) is 0.809. The fourth-order valence-corrected chi connectivity index (χ4v) is 2.48. The maximum absolute atomic E-state index is 5.85. The lowest BCUT2D eigenvalue weighted by Crippen LogP contribution is -2.32. The predicted molar refractivity (Wildman–Crippen MR) is 71.6 cm³/mol. The third-order valence-corrected chi connectivity index (χ3v) is 3.47. The van der Waals surface area contributed by atoms with Crippen molar-refractivity contribution in [3.63, 3.8) is 0 Å². The van der Waals surface area contributed by atoms with Crippen LogP contribution in [0.4, 0.5) is 0 Å². The average molecular weight is 234 g/mol. The molecule has 1 fully saturated rings. The highest BCUT2D eigenvalue weighted by atomic mass is 32.1. The van der Waals surface area contributed by atoms with Gasteiger partial charge in [0.15, 0.2) is 0 Å². The Kier molecular flexibility index (Phi) is 3.91. The molecule has 0 aromatic heterocycles. The Morgan fingerprint density at radius 1 is 1.25 bits per heavy atom. The second-order valence-corrected chi connectivity index (χ2v) is 4.84. The van der Waals surface area contributed by atoms with Crippen LogP contribution < -0.4 is 5.73 Å². The summed E-state index contributed by atoms with van der Waals surface area (Å²) in [5, 5.41) is 0. The highest BCUT2D eigenvalue weighted by Crippen LogP contribution is 2.20. The van der Waals surface area contributed by atoms with Crippen LogP contribution in [-0.4, -0.2) is 29.5 Å². The standard InChI is InChI=1S/C13H18N2S/c14-13(16)12(10-15-8-4-5-9-15)11-6-2-1-3-7-11/h1-3,6-7,12H,4-5,8-10H2,(H2,14,16). The number of rotatable bonds is 4. The first-order valence-corrected chi connectivity index (χ1v) is 6.25. The summed E-state index contributed by atoms with van der Waals surface area (Å²) in [6, 6.07) is 10.3. The van der Waals surface area contributed by atoms with E-state index in [1.54, 1.807) is 0 Å². The zero-order chi connectivity index (χ0) is 11.4. The van der Waals surface area contributed by atoms with Crippen LogP contribution in [0.2, 0.25) is 0 Å². The molecule has 1 unspecified atom stereocenters. The van der Waals surface area contributed by atoms with Gasteiger partial charge in [-0.3, -0.25) is 0 Å². The molecule has 1 heterocycles. The summed E-state index contributed by atoms with van der Waals surface area (Å²) < 4.78 is 0. The van der Waals surface area contributed by atoms with Crippen molar-refractivity contribution in [1.29, 1.82) is 0 Å². The molecule has 1 aliphatic heterocycles. The predicted octanol–water partition coefficient (Wildman–Crippen LogP) is 2.15. The van der Waals surface area contributed by atoms with E-state index in [1.165, 1.54) is 31.5 Å². The highest BCUT2D eigenvalue weighted by Gasteiger charge is 2.20. The van der Waals surface area contributed by atoms with Gasteiger partial charge in [-0.05, 0) is 31.5 Å². The van der Waals surface area contributed by atoms with E-state index in [9.17, 15) is 0 Å². The molecule has 2 N–H and O–H groups in total. The minimum Gasteiger partial charge on any atom is -0.393 e. The van der Waals surface area contributed by atoms with E-state index >= 15 is 0 Å². The smallest absolute Gasteiger partial charge is 0.0816 e. The topological polar surface area (TPSA) is 29.3 Å². The van der Waals surface area contributed by atoms with Crippen molar-refractivity contribution in [2.24, 2.45) is 5.73 Å². The molecule has 2 nitrogen and oxygen atoms in total. The zero-order valence-corrected chi connectivity index (χ0v) is 10.2. The summed E-state index contributed by atoms with van der Waals surface area (Å²) in [7, 11) is 0. The Bertz CT molecular complexity index is 344. The van der Waals surface area contributed by atoms with Gasteiger partial charge >= 0.3 is 0 Å². The fourth-order valence-electron chi connectivity index (χ4n) is 2.27. The third-order valence-electron chi connectivity index (χ3n) is 3.18. The zero-order valence-electron chi connectivity index (χ0n) is 9.43. The average Bonchev–Trinajstić information content (AvgIpc) is 2.79. The summed E-state index contributed by atoms with van der Waals surface area (Å²) in [5.41, 5.74) is 7.09. The van der Waals surface area contributed by atoms with Crippen LogP contribution in [0.1, 0.15) is 24.3 Å². The van der Waals surface area contributed by atoms with Crippen LogP contribution in [0.3, 0.4) is 0 Å². The van der Waals surface area contributed by atoms with Gasteiger partial charge in [0.25, 0.3) is 0 Å². The lowest BCUT2D eigenvalue weighted by atomic mass is 9.99. The summed E-state index contributed by atoms with van der Waals surface area (Å²) in [6.45, 7) is 3.34. The van der Waals surface area contributed by atoms with Crippen LogP contribution in [0.5, 0.6) is 0 Å². The van der Waals surface area contributed by atoms with Crippen LogP contribution >= 0.6 is 12.2 Å². The van der Waals surface area contributed by atoms with Crippen molar-refractivity contribution in [3.8, 4) is 0 Å². The molecule has 0 saturated carbocycles. The van der Waals surface area contributed by atoms with Crippen LogP contribution in [-0.2, 0) is 0 Å². The molecule has 2 rings (SSSR count). The molecular formula is C13H18N2S. The molecule has 0 radical (unpaired) electrons. The van der Waals surface area contributed by atoms with Crippen molar-refractivity contribution < 1.29 is 0 Å². The lowest BCUT2D eigenvalue weighted by molar-refractivity contribution is 0.335. The Balaban J connectivity index is 2.08. The van der Waals surface area contributed by atoms with E-state index in [1.807, 2.05) is 18.2 Å². The third kappa shape index (κ3) is 2.80. The second kappa shape index (κ2) is 5.41. The largest absolute Gasteiger partial charge is 0.393 e. The van der Waals surface area contributed by atoms with Gasteiger partial charge in [0.05, 0.1) is 4.99 Å². The van der Waals surface area contributed by atoms with Crippen molar-refractivity contribution >= 4 is 17.2 Å². The molecule has 0 spiro atoms. The monoisotopic (exact) mass is 234 g/mol. The molecule has 0 aliphatic carbocycles. The van der Waals surface area contributed by atoms with E-state index < -0.39 is 0 Å². The molecular weight excluding hydrogens is 216 g/mol.